The Kier molecular flexibility index (Phi) is 3.09. The molecule has 0 unspecified atom stereocenters. The molecule has 1 aromatic rings. The fourth-order valence-electron chi connectivity index (χ4n) is 1.18. The first-order valence-electron chi connectivity index (χ1n) is 4.22. The fraction of sp³-hybridized carbons (Fsp3) is 0.300. The molecule has 2 nitrogen and oxygen atoms in total. The highest BCUT2D eigenvalue weighted by Gasteiger charge is 2.14. The molecule has 71 valence electrons. The van der Waals surface area contributed by atoms with Gasteiger partial charge in [0.05, 0.1) is 10.6 Å². The van der Waals surface area contributed by atoms with Crippen LogP contribution in [0.5, 0.6) is 0 Å². The zero-order valence-electron chi connectivity index (χ0n) is 7.82. The standard InChI is InChI=1S/C10H13O2S/c1-3-8-13(11,12)10-7-5-4-6-9(10)2/h4-8H,3H2,1-2H3. The quantitative estimate of drug-likeness (QED) is 0.745. The fourth-order valence-corrected chi connectivity index (χ4v) is 2.59. The minimum Gasteiger partial charge on any atom is -0.223 e. The third-order valence-corrected chi connectivity index (χ3v) is 3.63. The Balaban J connectivity index is 3.15. The van der Waals surface area contributed by atoms with E-state index in [1.165, 1.54) is 5.75 Å². The third kappa shape index (κ3) is 2.31. The predicted octanol–water partition coefficient (Wildman–Crippen LogP) is 2.34. The topological polar surface area (TPSA) is 34.1 Å². The van der Waals surface area contributed by atoms with E-state index in [1.54, 1.807) is 25.1 Å². The summed E-state index contributed by atoms with van der Waals surface area (Å²) in [5.41, 5.74) is 0.798. The van der Waals surface area contributed by atoms with Crippen molar-refractivity contribution >= 4 is 9.84 Å². The van der Waals surface area contributed by atoms with Crippen molar-refractivity contribution < 1.29 is 8.42 Å². The first-order valence-corrected chi connectivity index (χ1v) is 5.76. The number of hydrogen-bond donors (Lipinski definition) is 0. The summed E-state index contributed by atoms with van der Waals surface area (Å²) in [4.78, 5) is 0.414. The predicted molar refractivity (Wildman–Crippen MR) is 53.0 cm³/mol. The van der Waals surface area contributed by atoms with Crippen molar-refractivity contribution in [1.29, 1.82) is 0 Å². The van der Waals surface area contributed by atoms with E-state index in [9.17, 15) is 8.42 Å². The molecule has 13 heavy (non-hydrogen) atoms. The molecular formula is C10H13O2S. The van der Waals surface area contributed by atoms with Crippen LogP contribution < -0.4 is 0 Å². The molecule has 1 radical (unpaired) electrons. The Hall–Kier alpha value is -0.830. The van der Waals surface area contributed by atoms with Crippen LogP contribution in [0.1, 0.15) is 18.9 Å². The van der Waals surface area contributed by atoms with Gasteiger partial charge in [0, 0.05) is 0 Å². The van der Waals surface area contributed by atoms with Crippen LogP contribution in [-0.2, 0) is 9.84 Å². The van der Waals surface area contributed by atoms with Gasteiger partial charge < -0.3 is 0 Å². The summed E-state index contributed by atoms with van der Waals surface area (Å²) in [5, 5.41) is 0. The number of aryl methyl sites for hydroxylation is 1. The Labute approximate surface area is 79.5 Å². The highest BCUT2D eigenvalue weighted by molar-refractivity contribution is 7.93. The molecule has 0 aliphatic carbocycles. The minimum absolute atomic E-state index is 0.414. The Bertz CT molecular complexity index is 380. The monoisotopic (exact) mass is 197 g/mol. The van der Waals surface area contributed by atoms with E-state index in [0.717, 1.165) is 5.56 Å². The Morgan fingerprint density at radius 1 is 1.31 bits per heavy atom. The maximum Gasteiger partial charge on any atom is 0.182 e. The molecule has 0 aliphatic rings. The van der Waals surface area contributed by atoms with Gasteiger partial charge in [0.25, 0.3) is 0 Å². The molecule has 1 aromatic carbocycles. The van der Waals surface area contributed by atoms with Crippen LogP contribution in [0.2, 0.25) is 0 Å². The first kappa shape index (κ1) is 10.3. The largest absolute Gasteiger partial charge is 0.223 e. The lowest BCUT2D eigenvalue weighted by Crippen LogP contribution is -2.02. The maximum absolute atomic E-state index is 11.6. The van der Waals surface area contributed by atoms with Gasteiger partial charge in [-0.3, -0.25) is 0 Å². The van der Waals surface area contributed by atoms with Crippen molar-refractivity contribution in [3.63, 3.8) is 0 Å². The molecule has 0 aromatic heterocycles. The van der Waals surface area contributed by atoms with Gasteiger partial charge in [0.15, 0.2) is 9.84 Å². The summed E-state index contributed by atoms with van der Waals surface area (Å²) in [5.74, 6) is 1.34. The molecule has 0 heterocycles. The lowest BCUT2D eigenvalue weighted by atomic mass is 10.2. The second-order valence-electron chi connectivity index (χ2n) is 2.89. The van der Waals surface area contributed by atoms with Gasteiger partial charge in [-0.15, -0.1) is 0 Å². The lowest BCUT2D eigenvalue weighted by Gasteiger charge is -2.04. The van der Waals surface area contributed by atoms with Crippen molar-refractivity contribution in [1.82, 2.24) is 0 Å². The molecule has 0 saturated carbocycles. The molecule has 0 fully saturated rings. The van der Waals surface area contributed by atoms with E-state index in [-0.39, 0.29) is 0 Å². The van der Waals surface area contributed by atoms with E-state index in [0.29, 0.717) is 11.3 Å². The van der Waals surface area contributed by atoms with E-state index >= 15 is 0 Å². The number of rotatable bonds is 3. The smallest absolute Gasteiger partial charge is 0.182 e. The summed E-state index contributed by atoms with van der Waals surface area (Å²) in [6.45, 7) is 3.62. The number of benzene rings is 1. The van der Waals surface area contributed by atoms with Gasteiger partial charge in [-0.25, -0.2) is 8.42 Å². The van der Waals surface area contributed by atoms with Crippen LogP contribution in [0.15, 0.2) is 29.2 Å². The number of hydrogen-bond acceptors (Lipinski definition) is 2. The lowest BCUT2D eigenvalue weighted by molar-refractivity contribution is 0.599. The average molecular weight is 197 g/mol. The van der Waals surface area contributed by atoms with Gasteiger partial charge in [0.2, 0.25) is 0 Å². The SMILES string of the molecule is CC[CH]S(=O)(=O)c1ccccc1C. The molecule has 0 aliphatic heterocycles. The summed E-state index contributed by atoms with van der Waals surface area (Å²) in [6.07, 6.45) is 0.538. The van der Waals surface area contributed by atoms with Gasteiger partial charge in [-0.1, -0.05) is 25.1 Å². The molecule has 0 bridgehead atoms. The Morgan fingerprint density at radius 2 is 1.92 bits per heavy atom. The van der Waals surface area contributed by atoms with Crippen LogP contribution in [0.3, 0.4) is 0 Å². The van der Waals surface area contributed by atoms with E-state index in [2.05, 4.69) is 0 Å². The van der Waals surface area contributed by atoms with Crippen LogP contribution >= 0.6 is 0 Å². The third-order valence-electron chi connectivity index (χ3n) is 1.79. The van der Waals surface area contributed by atoms with Crippen molar-refractivity contribution in [3.05, 3.63) is 35.6 Å². The van der Waals surface area contributed by atoms with Crippen LogP contribution in [0.4, 0.5) is 0 Å². The normalized spacial score (nSPS) is 11.5. The second kappa shape index (κ2) is 3.92. The van der Waals surface area contributed by atoms with Crippen LogP contribution in [-0.4, -0.2) is 8.42 Å². The summed E-state index contributed by atoms with van der Waals surface area (Å²) >= 11 is 0. The van der Waals surface area contributed by atoms with Crippen molar-refractivity contribution in [2.75, 3.05) is 0 Å². The molecule has 3 heteroatoms. The highest BCUT2D eigenvalue weighted by Crippen LogP contribution is 2.18. The highest BCUT2D eigenvalue weighted by atomic mass is 32.2. The van der Waals surface area contributed by atoms with E-state index in [4.69, 9.17) is 0 Å². The molecule has 0 amide bonds. The average Bonchev–Trinajstić information content (AvgIpc) is 2.04. The van der Waals surface area contributed by atoms with E-state index < -0.39 is 9.84 Å². The molecule has 0 spiro atoms. The molecule has 0 saturated heterocycles. The summed E-state index contributed by atoms with van der Waals surface area (Å²) < 4.78 is 23.2. The minimum atomic E-state index is -3.17. The second-order valence-corrected chi connectivity index (χ2v) is 4.75. The van der Waals surface area contributed by atoms with Crippen LogP contribution in [0.25, 0.3) is 0 Å². The Morgan fingerprint density at radius 3 is 2.46 bits per heavy atom. The van der Waals surface area contributed by atoms with E-state index in [1.807, 2.05) is 13.0 Å². The van der Waals surface area contributed by atoms with Gasteiger partial charge in [-0.2, -0.15) is 0 Å². The maximum atomic E-state index is 11.6. The number of sulfone groups is 1. The van der Waals surface area contributed by atoms with Crippen molar-refractivity contribution in [2.45, 2.75) is 25.2 Å². The van der Waals surface area contributed by atoms with Gasteiger partial charge >= 0.3 is 0 Å². The molecule has 0 atom stereocenters. The zero-order chi connectivity index (χ0) is 9.90. The van der Waals surface area contributed by atoms with Crippen molar-refractivity contribution in [2.24, 2.45) is 0 Å². The van der Waals surface area contributed by atoms with Gasteiger partial charge in [-0.05, 0) is 25.0 Å². The summed E-state index contributed by atoms with van der Waals surface area (Å²) in [7, 11) is -3.17. The zero-order valence-corrected chi connectivity index (χ0v) is 8.64. The van der Waals surface area contributed by atoms with Crippen LogP contribution in [0, 0.1) is 12.7 Å². The summed E-state index contributed by atoms with van der Waals surface area (Å²) in [6, 6.07) is 7.01. The molecular weight excluding hydrogens is 184 g/mol. The molecule has 0 N–H and O–H groups in total. The first-order chi connectivity index (χ1) is 6.08. The van der Waals surface area contributed by atoms with Crippen molar-refractivity contribution in [3.8, 4) is 0 Å². The molecule has 1 rings (SSSR count). The van der Waals surface area contributed by atoms with Gasteiger partial charge in [0.1, 0.15) is 0 Å².